The Hall–Kier alpha value is -2.09. The van der Waals surface area contributed by atoms with E-state index in [0.717, 1.165) is 26.2 Å². The Balaban J connectivity index is 1.69. The minimum atomic E-state index is -0.0788. The molecule has 2 heterocycles. The molecule has 0 aromatic carbocycles. The van der Waals surface area contributed by atoms with Gasteiger partial charge in [-0.15, -0.1) is 0 Å². The number of hydrogen-bond donors (Lipinski definition) is 1. The summed E-state index contributed by atoms with van der Waals surface area (Å²) in [5.74, 6) is 1.04. The first-order valence-electron chi connectivity index (χ1n) is 8.52. The van der Waals surface area contributed by atoms with Crippen molar-refractivity contribution in [3.8, 4) is 0 Å². The second-order valence-corrected chi connectivity index (χ2v) is 5.90. The van der Waals surface area contributed by atoms with Gasteiger partial charge in [0.1, 0.15) is 5.76 Å². The summed E-state index contributed by atoms with van der Waals surface area (Å²) >= 11 is 0. The van der Waals surface area contributed by atoms with E-state index in [4.69, 9.17) is 4.52 Å². The SMILES string of the molecule is CCN(CC)C(=O)N1CCN(CCC(=O)Nc2cc(C)on2)CC1. The van der Waals surface area contributed by atoms with Gasteiger partial charge in [-0.1, -0.05) is 5.16 Å². The first kappa shape index (κ1) is 18.3. The highest BCUT2D eigenvalue weighted by Gasteiger charge is 2.24. The van der Waals surface area contributed by atoms with Crippen LogP contribution in [0.25, 0.3) is 0 Å². The van der Waals surface area contributed by atoms with Gasteiger partial charge >= 0.3 is 6.03 Å². The standard InChI is InChI=1S/C16H27N5O3/c1-4-20(5-2)16(23)21-10-8-19(9-11-21)7-6-15(22)17-14-12-13(3)24-18-14/h12H,4-11H2,1-3H3,(H,17,18,22). The van der Waals surface area contributed by atoms with Crippen molar-refractivity contribution in [2.75, 3.05) is 51.1 Å². The lowest BCUT2D eigenvalue weighted by molar-refractivity contribution is -0.116. The highest BCUT2D eigenvalue weighted by molar-refractivity contribution is 5.89. The van der Waals surface area contributed by atoms with Gasteiger partial charge in [0.05, 0.1) is 0 Å². The molecule has 2 rings (SSSR count). The molecule has 0 saturated carbocycles. The van der Waals surface area contributed by atoms with Crippen molar-refractivity contribution in [2.45, 2.75) is 27.2 Å². The zero-order valence-electron chi connectivity index (χ0n) is 14.7. The van der Waals surface area contributed by atoms with E-state index in [-0.39, 0.29) is 11.9 Å². The normalized spacial score (nSPS) is 15.4. The second kappa shape index (κ2) is 8.68. The number of aryl methyl sites for hydroxylation is 1. The maximum absolute atomic E-state index is 12.3. The molecule has 1 saturated heterocycles. The van der Waals surface area contributed by atoms with Gasteiger partial charge in [-0.25, -0.2) is 4.79 Å². The first-order valence-corrected chi connectivity index (χ1v) is 8.52. The first-order chi connectivity index (χ1) is 11.5. The summed E-state index contributed by atoms with van der Waals surface area (Å²) in [4.78, 5) is 30.1. The summed E-state index contributed by atoms with van der Waals surface area (Å²) in [6, 6.07) is 1.80. The summed E-state index contributed by atoms with van der Waals surface area (Å²) in [5, 5.41) is 6.46. The predicted octanol–water partition coefficient (Wildman–Crippen LogP) is 1.39. The number of hydrogen-bond acceptors (Lipinski definition) is 5. The average molecular weight is 337 g/mol. The molecule has 1 aliphatic rings. The van der Waals surface area contributed by atoms with Crippen molar-refractivity contribution < 1.29 is 14.1 Å². The van der Waals surface area contributed by atoms with E-state index >= 15 is 0 Å². The maximum atomic E-state index is 12.3. The summed E-state index contributed by atoms with van der Waals surface area (Å²) < 4.78 is 4.92. The van der Waals surface area contributed by atoms with Crippen LogP contribution in [0.2, 0.25) is 0 Å². The van der Waals surface area contributed by atoms with Crippen LogP contribution in [-0.4, -0.2) is 77.6 Å². The Kier molecular flexibility index (Phi) is 6.60. The van der Waals surface area contributed by atoms with E-state index in [1.807, 2.05) is 23.6 Å². The fourth-order valence-corrected chi connectivity index (χ4v) is 2.75. The fraction of sp³-hybridized carbons (Fsp3) is 0.688. The largest absolute Gasteiger partial charge is 0.360 e. The molecule has 0 spiro atoms. The Morgan fingerprint density at radius 1 is 1.25 bits per heavy atom. The number of amides is 3. The molecule has 0 unspecified atom stereocenters. The van der Waals surface area contributed by atoms with Crippen LogP contribution in [0.15, 0.2) is 10.6 Å². The van der Waals surface area contributed by atoms with Crippen LogP contribution in [0.4, 0.5) is 10.6 Å². The van der Waals surface area contributed by atoms with Crippen LogP contribution in [0.3, 0.4) is 0 Å². The van der Waals surface area contributed by atoms with E-state index in [0.29, 0.717) is 37.6 Å². The van der Waals surface area contributed by atoms with E-state index in [2.05, 4.69) is 15.4 Å². The molecule has 0 bridgehead atoms. The summed E-state index contributed by atoms with van der Waals surface area (Å²) in [6.07, 6.45) is 0.399. The monoisotopic (exact) mass is 337 g/mol. The Morgan fingerprint density at radius 2 is 1.92 bits per heavy atom. The topological polar surface area (TPSA) is 81.9 Å². The number of nitrogens with zero attached hydrogens (tertiary/aromatic N) is 4. The highest BCUT2D eigenvalue weighted by Crippen LogP contribution is 2.09. The highest BCUT2D eigenvalue weighted by atomic mass is 16.5. The van der Waals surface area contributed by atoms with Gasteiger partial charge in [-0.3, -0.25) is 9.69 Å². The van der Waals surface area contributed by atoms with Crippen molar-refractivity contribution in [3.05, 3.63) is 11.8 Å². The third-order valence-corrected chi connectivity index (χ3v) is 4.23. The molecule has 1 aliphatic heterocycles. The Bertz CT molecular complexity index is 548. The maximum Gasteiger partial charge on any atom is 0.320 e. The van der Waals surface area contributed by atoms with Crippen molar-refractivity contribution in [3.63, 3.8) is 0 Å². The summed E-state index contributed by atoms with van der Waals surface area (Å²) in [6.45, 7) is 10.9. The lowest BCUT2D eigenvalue weighted by atomic mass is 10.3. The number of anilines is 1. The number of nitrogens with one attached hydrogen (secondary N) is 1. The zero-order valence-corrected chi connectivity index (χ0v) is 14.7. The third-order valence-electron chi connectivity index (χ3n) is 4.23. The van der Waals surface area contributed by atoms with E-state index in [9.17, 15) is 9.59 Å². The van der Waals surface area contributed by atoms with Crippen molar-refractivity contribution in [2.24, 2.45) is 0 Å². The quantitative estimate of drug-likeness (QED) is 0.848. The lowest BCUT2D eigenvalue weighted by Crippen LogP contribution is -2.53. The van der Waals surface area contributed by atoms with Crippen LogP contribution in [0.5, 0.6) is 0 Å². The number of rotatable bonds is 6. The molecule has 3 amide bonds. The van der Waals surface area contributed by atoms with Gasteiger partial charge in [0, 0.05) is 58.3 Å². The number of carbonyl (C=O) groups excluding carboxylic acids is 2. The van der Waals surface area contributed by atoms with Gasteiger partial charge in [-0.2, -0.15) is 0 Å². The molecule has 0 atom stereocenters. The van der Waals surface area contributed by atoms with Crippen molar-refractivity contribution >= 4 is 17.8 Å². The zero-order chi connectivity index (χ0) is 17.5. The molecule has 8 heteroatoms. The van der Waals surface area contributed by atoms with E-state index in [1.54, 1.807) is 13.0 Å². The van der Waals surface area contributed by atoms with Gasteiger partial charge in [0.2, 0.25) is 5.91 Å². The van der Waals surface area contributed by atoms with Gasteiger partial charge in [0.25, 0.3) is 0 Å². The summed E-state index contributed by atoms with van der Waals surface area (Å²) in [5.41, 5.74) is 0. The second-order valence-electron chi connectivity index (χ2n) is 5.90. The van der Waals surface area contributed by atoms with Gasteiger partial charge < -0.3 is 19.6 Å². The van der Waals surface area contributed by atoms with Gasteiger partial charge in [-0.05, 0) is 20.8 Å². The number of urea groups is 1. The lowest BCUT2D eigenvalue weighted by Gasteiger charge is -2.37. The van der Waals surface area contributed by atoms with Crippen molar-refractivity contribution in [1.29, 1.82) is 0 Å². The fourth-order valence-electron chi connectivity index (χ4n) is 2.75. The van der Waals surface area contributed by atoms with Crippen LogP contribution in [0.1, 0.15) is 26.0 Å². The van der Waals surface area contributed by atoms with E-state index in [1.165, 1.54) is 0 Å². The Morgan fingerprint density at radius 3 is 2.46 bits per heavy atom. The molecule has 1 aromatic heterocycles. The molecule has 1 fully saturated rings. The molecule has 8 nitrogen and oxygen atoms in total. The molecule has 1 N–H and O–H groups in total. The smallest absolute Gasteiger partial charge is 0.320 e. The molecule has 24 heavy (non-hydrogen) atoms. The Labute approximate surface area is 142 Å². The van der Waals surface area contributed by atoms with Crippen LogP contribution in [-0.2, 0) is 4.79 Å². The third kappa shape index (κ3) is 4.95. The number of piperazine rings is 1. The molecule has 0 radical (unpaired) electrons. The molecule has 1 aromatic rings. The molecular formula is C16H27N5O3. The molecule has 134 valence electrons. The van der Waals surface area contributed by atoms with Crippen LogP contribution >= 0.6 is 0 Å². The van der Waals surface area contributed by atoms with Crippen LogP contribution in [0, 0.1) is 6.92 Å². The van der Waals surface area contributed by atoms with Crippen molar-refractivity contribution in [1.82, 2.24) is 19.9 Å². The number of carbonyl (C=O) groups is 2. The van der Waals surface area contributed by atoms with E-state index < -0.39 is 0 Å². The molecule has 0 aliphatic carbocycles. The van der Waals surface area contributed by atoms with Crippen LogP contribution < -0.4 is 5.32 Å². The minimum absolute atomic E-state index is 0.0788. The minimum Gasteiger partial charge on any atom is -0.360 e. The van der Waals surface area contributed by atoms with Gasteiger partial charge in [0.15, 0.2) is 5.82 Å². The predicted molar refractivity (Wildman–Crippen MR) is 90.8 cm³/mol. The molecular weight excluding hydrogens is 310 g/mol. The summed E-state index contributed by atoms with van der Waals surface area (Å²) in [7, 11) is 0. The number of aromatic nitrogens is 1. The average Bonchev–Trinajstić information content (AvgIpc) is 2.99.